The van der Waals surface area contributed by atoms with Crippen molar-refractivity contribution in [2.24, 2.45) is 5.92 Å². The molecule has 0 radical (unpaired) electrons. The van der Waals surface area contributed by atoms with Gasteiger partial charge in [0.05, 0.1) is 24.1 Å². The number of rotatable bonds is 7. The second-order valence-electron chi connectivity index (χ2n) is 9.98. The summed E-state index contributed by atoms with van der Waals surface area (Å²) in [6.07, 6.45) is 3.07. The van der Waals surface area contributed by atoms with Gasteiger partial charge in [-0.05, 0) is 71.2 Å². The van der Waals surface area contributed by atoms with E-state index in [1.54, 1.807) is 29.0 Å². The molecule has 0 aliphatic heterocycles. The standard InChI is InChI=1S/C25H31N5O3/c1-17(14-25(5,6)30(23(31)32)24(2,3)4)16-33-21-8-7-18(13-19(21)15-26)20-9-11-27-22-10-12-28-29(20)22/h7-13,17H,14,16H2,1-6H3,(H,31,32)/t17-/m0/s1. The number of carboxylic acid groups (broad SMARTS) is 1. The van der Waals surface area contributed by atoms with Crippen LogP contribution in [0, 0.1) is 17.2 Å². The topological polar surface area (TPSA) is 104 Å². The van der Waals surface area contributed by atoms with Crippen LogP contribution in [0.15, 0.2) is 42.7 Å². The molecule has 1 N–H and O–H groups in total. The molecule has 0 saturated carbocycles. The van der Waals surface area contributed by atoms with Crippen LogP contribution < -0.4 is 4.74 Å². The van der Waals surface area contributed by atoms with Crippen LogP contribution >= 0.6 is 0 Å². The van der Waals surface area contributed by atoms with Crippen LogP contribution in [0.4, 0.5) is 4.79 Å². The minimum atomic E-state index is -0.939. The molecule has 8 heteroatoms. The van der Waals surface area contributed by atoms with Gasteiger partial charge in [0.1, 0.15) is 11.8 Å². The van der Waals surface area contributed by atoms with Crippen molar-refractivity contribution in [3.8, 4) is 23.1 Å². The van der Waals surface area contributed by atoms with E-state index in [0.29, 0.717) is 24.3 Å². The molecule has 0 fully saturated rings. The summed E-state index contributed by atoms with van der Waals surface area (Å²) < 4.78 is 7.73. The second kappa shape index (κ2) is 9.10. The van der Waals surface area contributed by atoms with Gasteiger partial charge < -0.3 is 9.84 Å². The van der Waals surface area contributed by atoms with E-state index < -0.39 is 17.2 Å². The van der Waals surface area contributed by atoms with E-state index in [1.807, 2.05) is 59.7 Å². The quantitative estimate of drug-likeness (QED) is 0.530. The largest absolute Gasteiger partial charge is 0.492 e. The zero-order valence-corrected chi connectivity index (χ0v) is 20.0. The fourth-order valence-electron chi connectivity index (χ4n) is 4.64. The van der Waals surface area contributed by atoms with E-state index in [4.69, 9.17) is 4.74 Å². The van der Waals surface area contributed by atoms with Crippen molar-refractivity contribution in [2.45, 2.75) is 59.0 Å². The zero-order valence-electron chi connectivity index (χ0n) is 20.0. The summed E-state index contributed by atoms with van der Waals surface area (Å²) in [6, 6.07) is 11.4. The number of carbonyl (C=O) groups is 1. The Bertz CT molecular complexity index is 1190. The average molecular weight is 450 g/mol. The smallest absolute Gasteiger partial charge is 0.408 e. The third kappa shape index (κ3) is 5.25. The number of hydrogen-bond donors (Lipinski definition) is 1. The highest BCUT2D eigenvalue weighted by atomic mass is 16.5. The zero-order chi connectivity index (χ0) is 24.4. The molecule has 2 heterocycles. The van der Waals surface area contributed by atoms with Crippen molar-refractivity contribution >= 4 is 11.7 Å². The van der Waals surface area contributed by atoms with E-state index in [0.717, 1.165) is 16.9 Å². The molecule has 0 unspecified atom stereocenters. The molecule has 2 aromatic heterocycles. The van der Waals surface area contributed by atoms with Gasteiger partial charge >= 0.3 is 6.09 Å². The Balaban J connectivity index is 1.74. The number of nitriles is 1. The molecule has 1 atom stereocenters. The van der Waals surface area contributed by atoms with Gasteiger partial charge in [0.2, 0.25) is 0 Å². The van der Waals surface area contributed by atoms with Gasteiger partial charge in [0.15, 0.2) is 5.65 Å². The Morgan fingerprint density at radius 2 is 1.94 bits per heavy atom. The molecular weight excluding hydrogens is 418 g/mol. The number of nitrogens with zero attached hydrogens (tertiary/aromatic N) is 5. The maximum atomic E-state index is 11.9. The average Bonchev–Trinajstić information content (AvgIpc) is 3.18. The number of benzene rings is 1. The third-order valence-corrected chi connectivity index (χ3v) is 5.52. The fourth-order valence-corrected chi connectivity index (χ4v) is 4.64. The van der Waals surface area contributed by atoms with Crippen molar-refractivity contribution in [1.29, 1.82) is 5.26 Å². The first-order chi connectivity index (χ1) is 15.4. The molecule has 0 spiro atoms. The van der Waals surface area contributed by atoms with E-state index in [9.17, 15) is 15.2 Å². The van der Waals surface area contributed by atoms with Crippen LogP contribution in [0.2, 0.25) is 0 Å². The summed E-state index contributed by atoms with van der Waals surface area (Å²) in [6.45, 7) is 11.9. The first-order valence-corrected chi connectivity index (χ1v) is 10.9. The van der Waals surface area contributed by atoms with Crippen molar-refractivity contribution < 1.29 is 14.6 Å². The molecule has 0 aliphatic carbocycles. The van der Waals surface area contributed by atoms with E-state index in [-0.39, 0.29) is 5.92 Å². The lowest BCUT2D eigenvalue weighted by atomic mass is 9.87. The highest BCUT2D eigenvalue weighted by Crippen LogP contribution is 2.32. The number of amides is 1. The molecule has 0 bridgehead atoms. The minimum Gasteiger partial charge on any atom is -0.492 e. The van der Waals surface area contributed by atoms with Crippen LogP contribution in [0.25, 0.3) is 16.9 Å². The maximum absolute atomic E-state index is 11.9. The Morgan fingerprint density at radius 3 is 2.58 bits per heavy atom. The molecule has 3 rings (SSSR count). The van der Waals surface area contributed by atoms with Crippen molar-refractivity contribution in [1.82, 2.24) is 19.5 Å². The van der Waals surface area contributed by atoms with Crippen molar-refractivity contribution in [3.05, 3.63) is 48.3 Å². The van der Waals surface area contributed by atoms with E-state index >= 15 is 0 Å². The van der Waals surface area contributed by atoms with Gasteiger partial charge in [-0.2, -0.15) is 10.4 Å². The van der Waals surface area contributed by atoms with Gasteiger partial charge in [-0.1, -0.05) is 6.92 Å². The van der Waals surface area contributed by atoms with Gasteiger partial charge in [0.25, 0.3) is 0 Å². The Labute approximate surface area is 194 Å². The highest BCUT2D eigenvalue weighted by Gasteiger charge is 2.39. The lowest BCUT2D eigenvalue weighted by molar-refractivity contribution is 0.0187. The summed E-state index contributed by atoms with van der Waals surface area (Å²) in [7, 11) is 0. The van der Waals surface area contributed by atoms with Gasteiger partial charge in [0, 0.05) is 28.9 Å². The summed E-state index contributed by atoms with van der Waals surface area (Å²) in [4.78, 5) is 17.7. The predicted octanol–water partition coefficient (Wildman–Crippen LogP) is 5.23. The van der Waals surface area contributed by atoms with Crippen LogP contribution in [0.5, 0.6) is 5.75 Å². The molecule has 3 aromatic rings. The van der Waals surface area contributed by atoms with Gasteiger partial charge in [-0.25, -0.2) is 14.3 Å². The van der Waals surface area contributed by atoms with Crippen LogP contribution in [-0.2, 0) is 0 Å². The lowest BCUT2D eigenvalue weighted by Gasteiger charge is -2.46. The lowest BCUT2D eigenvalue weighted by Crippen LogP contribution is -2.57. The molecule has 1 aromatic carbocycles. The molecular formula is C25H31N5O3. The first-order valence-electron chi connectivity index (χ1n) is 10.9. The van der Waals surface area contributed by atoms with Crippen LogP contribution in [0.3, 0.4) is 0 Å². The Kier molecular flexibility index (Phi) is 6.63. The monoisotopic (exact) mass is 449 g/mol. The molecule has 1 amide bonds. The maximum Gasteiger partial charge on any atom is 0.408 e. The van der Waals surface area contributed by atoms with E-state index in [2.05, 4.69) is 16.2 Å². The molecule has 33 heavy (non-hydrogen) atoms. The number of hydrogen-bond acceptors (Lipinski definition) is 5. The van der Waals surface area contributed by atoms with Gasteiger partial charge in [-0.15, -0.1) is 0 Å². The summed E-state index contributed by atoms with van der Waals surface area (Å²) in [5.41, 5.74) is 1.73. The minimum absolute atomic E-state index is 0.0688. The molecule has 8 nitrogen and oxygen atoms in total. The van der Waals surface area contributed by atoms with Crippen molar-refractivity contribution in [2.75, 3.05) is 6.61 Å². The number of ether oxygens (including phenoxy) is 1. The number of aromatic nitrogens is 3. The fraction of sp³-hybridized carbons (Fsp3) is 0.440. The van der Waals surface area contributed by atoms with Crippen LogP contribution in [-0.4, -0.2) is 48.4 Å². The normalized spacial score (nSPS) is 12.9. The van der Waals surface area contributed by atoms with Gasteiger partial charge in [-0.3, -0.25) is 4.90 Å². The summed E-state index contributed by atoms with van der Waals surface area (Å²) >= 11 is 0. The number of fused-ring (bicyclic) bond motifs is 1. The molecule has 0 aliphatic rings. The van der Waals surface area contributed by atoms with E-state index in [1.165, 1.54) is 4.90 Å². The Hall–Kier alpha value is -3.60. The first kappa shape index (κ1) is 24.1. The molecule has 0 saturated heterocycles. The van der Waals surface area contributed by atoms with Crippen molar-refractivity contribution in [3.63, 3.8) is 0 Å². The molecule has 174 valence electrons. The highest BCUT2D eigenvalue weighted by molar-refractivity contribution is 5.67. The summed E-state index contributed by atoms with van der Waals surface area (Å²) in [5, 5.41) is 23.8. The Morgan fingerprint density at radius 1 is 1.21 bits per heavy atom. The predicted molar refractivity (Wildman–Crippen MR) is 126 cm³/mol. The third-order valence-electron chi connectivity index (χ3n) is 5.52. The second-order valence-corrected chi connectivity index (χ2v) is 9.98. The summed E-state index contributed by atoms with van der Waals surface area (Å²) in [5.74, 6) is 0.571. The van der Waals surface area contributed by atoms with Crippen LogP contribution in [0.1, 0.15) is 53.5 Å². The SMILES string of the molecule is C[C@H](COc1ccc(-c2ccnc3ccnn23)cc1C#N)CC(C)(C)N(C(=O)O)C(C)(C)C.